The van der Waals surface area contributed by atoms with Crippen molar-refractivity contribution >= 4 is 10.8 Å². The topological polar surface area (TPSA) is 19.4 Å². The molecule has 20 heavy (non-hydrogen) atoms. The van der Waals surface area contributed by atoms with Crippen LogP contribution in [-0.4, -0.2) is 54.6 Å². The van der Waals surface area contributed by atoms with Gasteiger partial charge in [0.1, 0.15) is 0 Å². The molecule has 3 heteroatoms. The van der Waals surface area contributed by atoms with Crippen molar-refractivity contribution in [2.75, 3.05) is 39.8 Å². The van der Waals surface area contributed by atoms with Crippen molar-refractivity contribution in [3.05, 3.63) is 42.2 Å². The summed E-state index contributed by atoms with van der Waals surface area (Å²) in [6.45, 7) is 6.07. The van der Waals surface area contributed by atoms with Crippen LogP contribution in [0.3, 0.4) is 0 Å². The molecule has 1 aromatic carbocycles. The molecule has 1 fully saturated rings. The second-order valence-corrected chi connectivity index (χ2v) is 5.76. The number of likely N-dealkylation sites (N-methyl/N-ethyl adjacent to an activating group) is 1. The molecule has 0 spiro atoms. The van der Waals surface area contributed by atoms with Crippen LogP contribution in [0.5, 0.6) is 0 Å². The first-order valence-electron chi connectivity index (χ1n) is 7.55. The van der Waals surface area contributed by atoms with Crippen molar-refractivity contribution in [3.63, 3.8) is 0 Å². The maximum Gasteiger partial charge on any atom is 0.0346 e. The summed E-state index contributed by atoms with van der Waals surface area (Å²) in [5.41, 5.74) is 1.46. The van der Waals surface area contributed by atoms with Crippen molar-refractivity contribution in [1.29, 1.82) is 0 Å². The minimum atomic E-state index is 1.16. The molecule has 3 rings (SSSR count). The molecule has 2 aromatic rings. The van der Waals surface area contributed by atoms with Gasteiger partial charge in [0.2, 0.25) is 0 Å². The van der Waals surface area contributed by atoms with Crippen LogP contribution in [0, 0.1) is 0 Å². The van der Waals surface area contributed by atoms with Gasteiger partial charge in [-0.25, -0.2) is 0 Å². The largest absolute Gasteiger partial charge is 0.304 e. The smallest absolute Gasteiger partial charge is 0.0346 e. The van der Waals surface area contributed by atoms with Gasteiger partial charge >= 0.3 is 0 Å². The highest BCUT2D eigenvalue weighted by Crippen LogP contribution is 2.19. The third kappa shape index (κ3) is 3.17. The number of benzene rings is 1. The first-order valence-corrected chi connectivity index (χ1v) is 7.55. The van der Waals surface area contributed by atoms with E-state index >= 15 is 0 Å². The highest BCUT2D eigenvalue weighted by Gasteiger charge is 2.13. The quantitative estimate of drug-likeness (QED) is 0.850. The second-order valence-electron chi connectivity index (χ2n) is 5.76. The molecule has 2 heterocycles. The number of rotatable bonds is 4. The SMILES string of the molecule is CN1CCN(CCCc2cccc3cnccc23)CC1. The Morgan fingerprint density at radius 2 is 1.95 bits per heavy atom. The van der Waals surface area contributed by atoms with Crippen LogP contribution in [0.1, 0.15) is 12.0 Å². The fourth-order valence-electron chi connectivity index (χ4n) is 2.97. The lowest BCUT2D eigenvalue weighted by molar-refractivity contribution is 0.153. The number of piperazine rings is 1. The number of hydrogen-bond donors (Lipinski definition) is 0. The molecule has 3 nitrogen and oxygen atoms in total. The molecule has 0 atom stereocenters. The number of nitrogens with zero attached hydrogens (tertiary/aromatic N) is 3. The molecule has 0 radical (unpaired) electrons. The summed E-state index contributed by atoms with van der Waals surface area (Å²) >= 11 is 0. The molecular weight excluding hydrogens is 246 g/mol. The predicted octanol–water partition coefficient (Wildman–Crippen LogP) is 2.41. The summed E-state index contributed by atoms with van der Waals surface area (Å²) in [5, 5.41) is 2.62. The van der Waals surface area contributed by atoms with Crippen LogP contribution in [0.4, 0.5) is 0 Å². The summed E-state index contributed by atoms with van der Waals surface area (Å²) in [6.07, 6.45) is 6.25. The average molecular weight is 269 g/mol. The van der Waals surface area contributed by atoms with Gasteiger partial charge in [-0.05, 0) is 43.5 Å². The zero-order valence-electron chi connectivity index (χ0n) is 12.3. The van der Waals surface area contributed by atoms with Crippen molar-refractivity contribution < 1.29 is 0 Å². The van der Waals surface area contributed by atoms with Crippen LogP contribution in [0.2, 0.25) is 0 Å². The van der Waals surface area contributed by atoms with Gasteiger partial charge in [0.05, 0.1) is 0 Å². The van der Waals surface area contributed by atoms with E-state index in [1.54, 1.807) is 0 Å². The van der Waals surface area contributed by atoms with E-state index in [1.807, 2.05) is 12.4 Å². The van der Waals surface area contributed by atoms with Gasteiger partial charge in [0.15, 0.2) is 0 Å². The van der Waals surface area contributed by atoms with Crippen molar-refractivity contribution in [2.24, 2.45) is 0 Å². The van der Waals surface area contributed by atoms with Gasteiger partial charge in [-0.1, -0.05) is 18.2 Å². The first-order chi connectivity index (χ1) is 9.83. The Morgan fingerprint density at radius 3 is 2.80 bits per heavy atom. The molecular formula is C17H23N3. The summed E-state index contributed by atoms with van der Waals surface area (Å²) in [5.74, 6) is 0. The molecule has 1 aromatic heterocycles. The summed E-state index contributed by atoms with van der Waals surface area (Å²) in [7, 11) is 2.21. The van der Waals surface area contributed by atoms with Gasteiger partial charge in [-0.2, -0.15) is 0 Å². The monoisotopic (exact) mass is 269 g/mol. The molecule has 0 aliphatic carbocycles. The van der Waals surface area contributed by atoms with E-state index < -0.39 is 0 Å². The Kier molecular flexibility index (Phi) is 4.28. The Bertz CT molecular complexity index is 554. The minimum absolute atomic E-state index is 1.16. The molecule has 106 valence electrons. The van der Waals surface area contributed by atoms with E-state index in [-0.39, 0.29) is 0 Å². The fraction of sp³-hybridized carbons (Fsp3) is 0.471. The van der Waals surface area contributed by atoms with Gasteiger partial charge in [-0.15, -0.1) is 0 Å². The third-order valence-corrected chi connectivity index (χ3v) is 4.29. The number of fused-ring (bicyclic) bond motifs is 1. The van der Waals surface area contributed by atoms with E-state index in [9.17, 15) is 0 Å². The van der Waals surface area contributed by atoms with Crippen molar-refractivity contribution in [3.8, 4) is 0 Å². The van der Waals surface area contributed by atoms with E-state index in [4.69, 9.17) is 0 Å². The molecule has 1 saturated heterocycles. The van der Waals surface area contributed by atoms with Crippen LogP contribution in [0.15, 0.2) is 36.7 Å². The van der Waals surface area contributed by atoms with Gasteiger partial charge in [-0.3, -0.25) is 4.98 Å². The summed E-state index contributed by atoms with van der Waals surface area (Å²) in [4.78, 5) is 9.20. The van der Waals surface area contributed by atoms with Crippen LogP contribution in [0.25, 0.3) is 10.8 Å². The van der Waals surface area contributed by atoms with Crippen molar-refractivity contribution in [2.45, 2.75) is 12.8 Å². The maximum absolute atomic E-state index is 4.20. The first kappa shape index (κ1) is 13.5. The molecule has 0 bridgehead atoms. The molecule has 0 saturated carbocycles. The Morgan fingerprint density at radius 1 is 1.10 bits per heavy atom. The predicted molar refractivity (Wildman–Crippen MR) is 84.0 cm³/mol. The van der Waals surface area contributed by atoms with E-state index in [2.05, 4.69) is 46.1 Å². The van der Waals surface area contributed by atoms with Crippen LogP contribution >= 0.6 is 0 Å². The van der Waals surface area contributed by atoms with Crippen molar-refractivity contribution in [1.82, 2.24) is 14.8 Å². The lowest BCUT2D eigenvalue weighted by Crippen LogP contribution is -2.44. The highest BCUT2D eigenvalue weighted by molar-refractivity contribution is 5.84. The number of hydrogen-bond acceptors (Lipinski definition) is 3. The Labute approximate surface area is 121 Å². The normalized spacial score (nSPS) is 17.6. The van der Waals surface area contributed by atoms with Gasteiger partial charge in [0, 0.05) is 44.0 Å². The maximum atomic E-state index is 4.20. The van der Waals surface area contributed by atoms with E-state index in [0.717, 1.165) is 6.42 Å². The molecule has 1 aliphatic rings. The Hall–Kier alpha value is -1.45. The number of pyridine rings is 1. The number of aryl methyl sites for hydroxylation is 1. The van der Waals surface area contributed by atoms with Gasteiger partial charge < -0.3 is 9.80 Å². The Balaban J connectivity index is 1.57. The van der Waals surface area contributed by atoms with E-state index in [0.29, 0.717) is 0 Å². The lowest BCUT2D eigenvalue weighted by atomic mass is 10.0. The second kappa shape index (κ2) is 6.33. The van der Waals surface area contributed by atoms with Crippen LogP contribution in [-0.2, 0) is 6.42 Å². The lowest BCUT2D eigenvalue weighted by Gasteiger charge is -2.32. The summed E-state index contributed by atoms with van der Waals surface area (Å²) < 4.78 is 0. The van der Waals surface area contributed by atoms with Gasteiger partial charge in [0.25, 0.3) is 0 Å². The minimum Gasteiger partial charge on any atom is -0.304 e. The van der Waals surface area contributed by atoms with Crippen LogP contribution < -0.4 is 0 Å². The molecule has 0 N–H and O–H groups in total. The number of aromatic nitrogens is 1. The summed E-state index contributed by atoms with van der Waals surface area (Å²) in [6, 6.07) is 8.69. The zero-order chi connectivity index (χ0) is 13.8. The molecule has 1 aliphatic heterocycles. The molecule has 0 amide bonds. The zero-order valence-corrected chi connectivity index (χ0v) is 12.3. The molecule has 0 unspecified atom stereocenters. The average Bonchev–Trinajstić information content (AvgIpc) is 2.49. The van der Waals surface area contributed by atoms with E-state index in [1.165, 1.54) is 55.5 Å². The highest BCUT2D eigenvalue weighted by atomic mass is 15.2. The standard InChI is InChI=1S/C17H23N3/c1-19-10-12-20(13-11-19)9-3-6-15-4-2-5-16-14-18-8-7-17(15)16/h2,4-5,7-8,14H,3,6,9-13H2,1H3. The fourth-order valence-corrected chi connectivity index (χ4v) is 2.97. The third-order valence-electron chi connectivity index (χ3n) is 4.29.